The average molecular weight is 399 g/mol. The molecule has 150 valence electrons. The summed E-state index contributed by atoms with van der Waals surface area (Å²) in [5.41, 5.74) is 0.133. The highest BCUT2D eigenvalue weighted by Gasteiger charge is 2.57. The van der Waals surface area contributed by atoms with Gasteiger partial charge in [-0.05, 0) is 26.3 Å². The molecule has 9 heteroatoms. The van der Waals surface area contributed by atoms with Crippen LogP contribution in [0, 0.1) is 11.8 Å². The molecule has 0 bridgehead atoms. The molecule has 1 saturated carbocycles. The number of amides is 1. The summed E-state index contributed by atoms with van der Waals surface area (Å²) >= 11 is 0. The van der Waals surface area contributed by atoms with Gasteiger partial charge in [-0.2, -0.15) is 8.42 Å². The average Bonchev–Trinajstić information content (AvgIpc) is 3.21. The normalized spacial score (nSPS) is 22.0. The molecule has 0 heterocycles. The number of alkyl carbamates (subject to hydrolysis) is 1. The molecule has 1 amide bonds. The fourth-order valence-electron chi connectivity index (χ4n) is 2.57. The third kappa shape index (κ3) is 7.18. The topological polar surface area (TPSA) is 108 Å². The number of hydrogen-bond acceptors (Lipinski definition) is 7. The summed E-state index contributed by atoms with van der Waals surface area (Å²) in [6, 6.07) is 8.55. The van der Waals surface area contributed by atoms with Gasteiger partial charge in [0.05, 0.1) is 24.8 Å². The largest absolute Gasteiger partial charge is 0.461 e. The lowest BCUT2D eigenvalue weighted by Gasteiger charge is -2.19. The zero-order chi connectivity index (χ0) is 20.2. The van der Waals surface area contributed by atoms with Gasteiger partial charge in [-0.3, -0.25) is 8.98 Å². The zero-order valence-corrected chi connectivity index (χ0v) is 16.6. The Kier molecular flexibility index (Phi) is 6.48. The molecule has 1 aliphatic rings. The fraction of sp³-hybridized carbons (Fsp3) is 0.556. The summed E-state index contributed by atoms with van der Waals surface area (Å²) in [5, 5.41) is 2.59. The van der Waals surface area contributed by atoms with Crippen molar-refractivity contribution in [3.63, 3.8) is 0 Å². The maximum Gasteiger partial charge on any atom is 0.407 e. The first kappa shape index (κ1) is 21.2. The molecule has 8 nitrogen and oxygen atoms in total. The molecule has 1 N–H and O–H groups in total. The lowest BCUT2D eigenvalue weighted by molar-refractivity contribution is -0.147. The van der Waals surface area contributed by atoms with Gasteiger partial charge >= 0.3 is 12.1 Å². The first-order chi connectivity index (χ1) is 12.5. The summed E-state index contributed by atoms with van der Waals surface area (Å²) < 4.78 is 37.7. The highest BCUT2D eigenvalue weighted by atomic mass is 32.2. The van der Waals surface area contributed by atoms with Gasteiger partial charge in [0.2, 0.25) is 0 Å². The molecule has 3 atom stereocenters. The van der Waals surface area contributed by atoms with Crippen LogP contribution in [0.15, 0.2) is 30.3 Å². The first-order valence-corrected chi connectivity index (χ1v) is 10.3. The summed E-state index contributed by atoms with van der Waals surface area (Å²) in [5.74, 6) is -1.72. The van der Waals surface area contributed by atoms with Gasteiger partial charge in [0.15, 0.2) is 0 Å². The maximum absolute atomic E-state index is 12.4. The minimum atomic E-state index is -3.66. The Balaban J connectivity index is 1.96. The molecule has 1 aromatic rings. The van der Waals surface area contributed by atoms with Gasteiger partial charge < -0.3 is 14.8 Å². The van der Waals surface area contributed by atoms with Crippen LogP contribution in [0.4, 0.5) is 4.79 Å². The second-order valence-corrected chi connectivity index (χ2v) is 9.09. The van der Waals surface area contributed by atoms with Crippen LogP contribution in [0.5, 0.6) is 0 Å². The van der Waals surface area contributed by atoms with Crippen LogP contribution in [-0.4, -0.2) is 45.0 Å². The van der Waals surface area contributed by atoms with Crippen LogP contribution in [-0.2, 0) is 35.2 Å². The molecular weight excluding hydrogens is 374 g/mol. The minimum absolute atomic E-state index is 0.0922. The molecule has 2 rings (SSSR count). The van der Waals surface area contributed by atoms with Gasteiger partial charge in [0.1, 0.15) is 12.2 Å². The van der Waals surface area contributed by atoms with Gasteiger partial charge in [-0.25, -0.2) is 4.79 Å². The Hall–Kier alpha value is -2.13. The lowest BCUT2D eigenvalue weighted by Crippen LogP contribution is -2.35. The monoisotopic (exact) mass is 399 g/mol. The van der Waals surface area contributed by atoms with Crippen molar-refractivity contribution in [1.82, 2.24) is 5.32 Å². The van der Waals surface area contributed by atoms with E-state index in [0.717, 1.165) is 11.8 Å². The van der Waals surface area contributed by atoms with E-state index in [-0.39, 0.29) is 13.2 Å². The first-order valence-electron chi connectivity index (χ1n) is 8.51. The molecule has 27 heavy (non-hydrogen) atoms. The van der Waals surface area contributed by atoms with Crippen molar-refractivity contribution in [1.29, 1.82) is 0 Å². The number of hydrogen-bond donors (Lipinski definition) is 1. The van der Waals surface area contributed by atoms with E-state index in [9.17, 15) is 18.0 Å². The molecule has 0 aromatic heterocycles. The summed E-state index contributed by atoms with van der Waals surface area (Å²) in [6.07, 6.45) is 0.240. The van der Waals surface area contributed by atoms with E-state index in [2.05, 4.69) is 5.32 Å². The van der Waals surface area contributed by atoms with E-state index in [0.29, 0.717) is 0 Å². The minimum Gasteiger partial charge on any atom is -0.461 e. The summed E-state index contributed by atoms with van der Waals surface area (Å²) in [7, 11) is -3.66. The number of ether oxygens (including phenoxy) is 2. The number of rotatable bonds is 7. The van der Waals surface area contributed by atoms with E-state index < -0.39 is 45.7 Å². The maximum atomic E-state index is 12.4. The van der Waals surface area contributed by atoms with Crippen molar-refractivity contribution in [3.05, 3.63) is 35.9 Å². The van der Waals surface area contributed by atoms with Crippen LogP contribution in [0.25, 0.3) is 0 Å². The Bertz CT molecular complexity index is 771. The highest BCUT2D eigenvalue weighted by molar-refractivity contribution is 7.85. The van der Waals surface area contributed by atoms with E-state index in [4.69, 9.17) is 13.7 Å². The van der Waals surface area contributed by atoms with E-state index in [1.54, 1.807) is 20.8 Å². The SMILES string of the molecule is CC(C)(C)OC(=O)N[C@@H]1[C@H](COS(C)(=O)=O)[C@H]1C(=O)OCc1ccccc1. The molecule has 1 aliphatic carbocycles. The zero-order valence-electron chi connectivity index (χ0n) is 15.8. The molecule has 0 aliphatic heterocycles. The number of esters is 1. The standard InChI is InChI=1S/C18H25NO7S/c1-18(2,3)26-17(21)19-15-13(11-25-27(4,22)23)14(15)16(20)24-10-12-8-6-5-7-9-12/h5-9,13-15H,10-11H2,1-4H3,(H,19,21)/t13-,14-,15-/m1/s1. The predicted molar refractivity (Wildman–Crippen MR) is 97.2 cm³/mol. The quantitative estimate of drug-likeness (QED) is 0.550. The summed E-state index contributed by atoms with van der Waals surface area (Å²) in [6.45, 7) is 5.03. The van der Waals surface area contributed by atoms with Crippen molar-refractivity contribution in [2.75, 3.05) is 12.9 Å². The van der Waals surface area contributed by atoms with Crippen molar-refractivity contribution >= 4 is 22.2 Å². The van der Waals surface area contributed by atoms with E-state index in [1.165, 1.54) is 0 Å². The third-order valence-electron chi connectivity index (χ3n) is 3.82. The second kappa shape index (κ2) is 8.26. The second-order valence-electron chi connectivity index (χ2n) is 7.44. The van der Waals surface area contributed by atoms with Crippen LogP contribution >= 0.6 is 0 Å². The predicted octanol–water partition coefficient (Wildman–Crippen LogP) is 1.85. The number of benzene rings is 1. The fourth-order valence-corrected chi connectivity index (χ4v) is 2.97. The lowest BCUT2D eigenvalue weighted by atomic mass is 10.2. The molecule has 0 unspecified atom stereocenters. The third-order valence-corrected chi connectivity index (χ3v) is 4.39. The number of nitrogens with one attached hydrogen (secondary N) is 1. The van der Waals surface area contributed by atoms with Gasteiger partial charge in [-0.15, -0.1) is 0 Å². The Morgan fingerprint density at radius 2 is 1.78 bits per heavy atom. The Morgan fingerprint density at radius 1 is 1.15 bits per heavy atom. The smallest absolute Gasteiger partial charge is 0.407 e. The van der Waals surface area contributed by atoms with Crippen LogP contribution in [0.2, 0.25) is 0 Å². The molecule has 1 fully saturated rings. The van der Waals surface area contributed by atoms with Gasteiger partial charge in [0, 0.05) is 5.92 Å². The van der Waals surface area contributed by atoms with Gasteiger partial charge in [-0.1, -0.05) is 30.3 Å². The van der Waals surface area contributed by atoms with Gasteiger partial charge in [0.25, 0.3) is 10.1 Å². The molecule has 0 radical (unpaired) electrons. The van der Waals surface area contributed by atoms with Crippen LogP contribution < -0.4 is 5.32 Å². The van der Waals surface area contributed by atoms with Crippen LogP contribution in [0.1, 0.15) is 26.3 Å². The van der Waals surface area contributed by atoms with Crippen LogP contribution in [0.3, 0.4) is 0 Å². The van der Waals surface area contributed by atoms with E-state index in [1.807, 2.05) is 30.3 Å². The summed E-state index contributed by atoms with van der Waals surface area (Å²) in [4.78, 5) is 24.3. The van der Waals surface area contributed by atoms with E-state index >= 15 is 0 Å². The van der Waals surface area contributed by atoms with Crippen molar-refractivity contribution < 1.29 is 31.7 Å². The van der Waals surface area contributed by atoms with Crippen molar-refractivity contribution in [3.8, 4) is 0 Å². The number of carbonyl (C=O) groups excluding carboxylic acids is 2. The molecular formula is C18H25NO7S. The Labute approximate surface area is 159 Å². The molecule has 1 aromatic carbocycles. The Morgan fingerprint density at radius 3 is 2.33 bits per heavy atom. The highest BCUT2D eigenvalue weighted by Crippen LogP contribution is 2.41. The molecule has 0 spiro atoms. The van der Waals surface area contributed by atoms with Crippen molar-refractivity contribution in [2.45, 2.75) is 39.0 Å². The van der Waals surface area contributed by atoms with Crippen molar-refractivity contribution in [2.24, 2.45) is 11.8 Å². The molecule has 0 saturated heterocycles. The number of carbonyl (C=O) groups is 2.